The molecule has 0 spiro atoms. The molecule has 1 aromatic heterocycles. The van der Waals surface area contributed by atoms with E-state index >= 15 is 0 Å². The number of hydrogen-bond acceptors (Lipinski definition) is 5. The molecule has 0 bridgehead atoms. The minimum atomic E-state index is -2.92. The molecule has 27 heavy (non-hydrogen) atoms. The van der Waals surface area contributed by atoms with Crippen LogP contribution in [-0.4, -0.2) is 27.2 Å². The van der Waals surface area contributed by atoms with Gasteiger partial charge in [0, 0.05) is 12.6 Å². The third-order valence-corrected chi connectivity index (χ3v) is 5.10. The van der Waals surface area contributed by atoms with E-state index in [1.807, 2.05) is 0 Å². The van der Waals surface area contributed by atoms with E-state index in [0.717, 1.165) is 0 Å². The summed E-state index contributed by atoms with van der Waals surface area (Å²) in [5, 5.41) is 0.418. The minimum absolute atomic E-state index is 0.0135. The minimum Gasteiger partial charge on any atom is -0.435 e. The van der Waals surface area contributed by atoms with Crippen LogP contribution in [0, 0.1) is 0 Å². The van der Waals surface area contributed by atoms with Gasteiger partial charge in [-0.3, -0.25) is 14.2 Å². The van der Waals surface area contributed by atoms with Crippen molar-refractivity contribution in [3.8, 4) is 5.75 Å². The van der Waals surface area contributed by atoms with Crippen molar-refractivity contribution in [3.05, 3.63) is 64.4 Å². The zero-order valence-corrected chi connectivity index (χ0v) is 15.4. The van der Waals surface area contributed by atoms with Gasteiger partial charge < -0.3 is 4.74 Å². The fourth-order valence-electron chi connectivity index (χ4n) is 2.55. The quantitative estimate of drug-likeness (QED) is 0.363. The Kier molecular flexibility index (Phi) is 5.55. The molecule has 2 aromatic carbocycles. The van der Waals surface area contributed by atoms with Crippen LogP contribution in [0.1, 0.15) is 17.3 Å². The maximum absolute atomic E-state index is 12.6. The summed E-state index contributed by atoms with van der Waals surface area (Å²) < 4.78 is 30.1. The molecule has 8 heteroatoms. The average Bonchev–Trinajstić information content (AvgIpc) is 2.65. The Labute approximate surface area is 158 Å². The van der Waals surface area contributed by atoms with E-state index in [1.54, 1.807) is 38.2 Å². The topological polar surface area (TPSA) is 61.2 Å². The highest BCUT2D eigenvalue weighted by Gasteiger charge is 2.20. The molecule has 3 aromatic rings. The number of halogens is 2. The molecular formula is C19H16F2N2O3S. The second-order valence-electron chi connectivity index (χ2n) is 5.80. The summed E-state index contributed by atoms with van der Waals surface area (Å²) in [5.74, 6) is -0.216. The zero-order valence-electron chi connectivity index (χ0n) is 14.6. The van der Waals surface area contributed by atoms with Crippen LogP contribution >= 0.6 is 11.8 Å². The van der Waals surface area contributed by atoms with Crippen LogP contribution < -0.4 is 10.3 Å². The number of carbonyl (C=O) groups is 1. The van der Waals surface area contributed by atoms with Crippen molar-refractivity contribution in [1.29, 1.82) is 0 Å². The first-order valence-electron chi connectivity index (χ1n) is 8.08. The SMILES string of the molecule is C[C@H](Sc1nc2ccccc2c(=O)n1C)C(=O)c1ccc(OC(F)F)cc1. The second-order valence-corrected chi connectivity index (χ2v) is 7.11. The molecule has 0 saturated heterocycles. The van der Waals surface area contributed by atoms with Crippen LogP contribution in [0.5, 0.6) is 5.75 Å². The van der Waals surface area contributed by atoms with E-state index in [-0.39, 0.29) is 17.1 Å². The number of fused-ring (bicyclic) bond motifs is 1. The number of ketones is 1. The summed E-state index contributed by atoms with van der Waals surface area (Å²) in [7, 11) is 1.61. The molecule has 0 aliphatic heterocycles. The third-order valence-electron chi connectivity index (χ3n) is 3.96. The van der Waals surface area contributed by atoms with Crippen molar-refractivity contribution in [3.63, 3.8) is 0 Å². The van der Waals surface area contributed by atoms with Gasteiger partial charge in [-0.1, -0.05) is 23.9 Å². The molecule has 140 valence electrons. The standard InChI is InChI=1S/C19H16F2N2O3S/c1-11(16(24)12-7-9-13(10-8-12)26-18(20)21)27-19-22-15-6-4-3-5-14(15)17(25)23(19)2/h3-11,18H,1-2H3/t11-/m0/s1. The summed E-state index contributed by atoms with van der Waals surface area (Å²) in [6.45, 7) is -1.21. The van der Waals surface area contributed by atoms with Gasteiger partial charge in [0.05, 0.1) is 16.2 Å². The van der Waals surface area contributed by atoms with Crippen LogP contribution in [-0.2, 0) is 7.05 Å². The van der Waals surface area contributed by atoms with Crippen molar-refractivity contribution in [2.24, 2.45) is 7.05 Å². The molecule has 0 radical (unpaired) electrons. The van der Waals surface area contributed by atoms with Gasteiger partial charge in [0.25, 0.3) is 5.56 Å². The van der Waals surface area contributed by atoms with Crippen molar-refractivity contribution in [2.75, 3.05) is 0 Å². The summed E-state index contributed by atoms with van der Waals surface area (Å²) in [6.07, 6.45) is 0. The number of Topliss-reactive ketones (excluding diaryl/α,β-unsaturated/α-hetero) is 1. The molecule has 3 rings (SSSR count). The Balaban J connectivity index is 1.81. The Morgan fingerprint density at radius 1 is 1.15 bits per heavy atom. The van der Waals surface area contributed by atoms with E-state index in [4.69, 9.17) is 0 Å². The highest BCUT2D eigenvalue weighted by Crippen LogP contribution is 2.25. The average molecular weight is 390 g/mol. The highest BCUT2D eigenvalue weighted by molar-refractivity contribution is 8.00. The number of aromatic nitrogens is 2. The van der Waals surface area contributed by atoms with E-state index in [1.165, 1.54) is 40.6 Å². The van der Waals surface area contributed by atoms with Crippen LogP contribution in [0.4, 0.5) is 8.78 Å². The van der Waals surface area contributed by atoms with Crippen LogP contribution in [0.3, 0.4) is 0 Å². The molecule has 0 aliphatic carbocycles. The lowest BCUT2D eigenvalue weighted by molar-refractivity contribution is -0.0498. The Morgan fingerprint density at radius 2 is 1.81 bits per heavy atom. The monoisotopic (exact) mass is 390 g/mol. The summed E-state index contributed by atoms with van der Waals surface area (Å²) >= 11 is 1.17. The number of rotatable bonds is 6. The number of carbonyl (C=O) groups excluding carboxylic acids is 1. The molecule has 0 unspecified atom stereocenters. The molecule has 0 fully saturated rings. The van der Waals surface area contributed by atoms with Gasteiger partial charge in [0.2, 0.25) is 0 Å². The van der Waals surface area contributed by atoms with E-state index in [2.05, 4.69) is 9.72 Å². The largest absolute Gasteiger partial charge is 0.435 e. The number of nitrogens with zero attached hydrogens (tertiary/aromatic N) is 2. The van der Waals surface area contributed by atoms with Crippen LogP contribution in [0.25, 0.3) is 10.9 Å². The lowest BCUT2D eigenvalue weighted by Crippen LogP contribution is -2.22. The van der Waals surface area contributed by atoms with Crippen LogP contribution in [0.15, 0.2) is 58.5 Å². The van der Waals surface area contributed by atoms with Gasteiger partial charge >= 0.3 is 6.61 Å². The summed E-state index contributed by atoms with van der Waals surface area (Å²) in [6, 6.07) is 12.5. The van der Waals surface area contributed by atoms with Crippen molar-refractivity contribution in [2.45, 2.75) is 23.9 Å². The molecular weight excluding hydrogens is 374 g/mol. The van der Waals surface area contributed by atoms with Gasteiger partial charge in [-0.2, -0.15) is 8.78 Å². The van der Waals surface area contributed by atoms with Gasteiger partial charge in [-0.05, 0) is 43.3 Å². The van der Waals surface area contributed by atoms with E-state index < -0.39 is 11.9 Å². The lowest BCUT2D eigenvalue weighted by atomic mass is 10.1. The molecule has 0 N–H and O–H groups in total. The van der Waals surface area contributed by atoms with E-state index in [9.17, 15) is 18.4 Å². The second kappa shape index (κ2) is 7.87. The Bertz CT molecular complexity index is 1040. The number of ether oxygens (including phenoxy) is 1. The number of benzene rings is 2. The Hall–Kier alpha value is -2.74. The van der Waals surface area contributed by atoms with Gasteiger partial charge in [-0.25, -0.2) is 4.98 Å². The maximum atomic E-state index is 12.6. The normalized spacial score (nSPS) is 12.3. The molecule has 1 heterocycles. The van der Waals surface area contributed by atoms with E-state index in [0.29, 0.717) is 21.6 Å². The fraction of sp³-hybridized carbons (Fsp3) is 0.211. The number of thioether (sulfide) groups is 1. The summed E-state index contributed by atoms with van der Waals surface area (Å²) in [5.41, 5.74) is 0.745. The van der Waals surface area contributed by atoms with Gasteiger partial charge in [-0.15, -0.1) is 0 Å². The van der Waals surface area contributed by atoms with Crippen molar-refractivity contribution >= 4 is 28.4 Å². The molecule has 5 nitrogen and oxygen atoms in total. The number of alkyl halides is 2. The van der Waals surface area contributed by atoms with Gasteiger partial charge in [0.1, 0.15) is 5.75 Å². The number of hydrogen-bond donors (Lipinski definition) is 0. The maximum Gasteiger partial charge on any atom is 0.387 e. The third kappa shape index (κ3) is 4.16. The van der Waals surface area contributed by atoms with Gasteiger partial charge in [0.15, 0.2) is 10.9 Å². The summed E-state index contributed by atoms with van der Waals surface area (Å²) in [4.78, 5) is 29.5. The van der Waals surface area contributed by atoms with Crippen LogP contribution in [0.2, 0.25) is 0 Å². The Morgan fingerprint density at radius 3 is 2.48 bits per heavy atom. The smallest absolute Gasteiger partial charge is 0.387 e. The predicted molar refractivity (Wildman–Crippen MR) is 99.7 cm³/mol. The molecule has 0 aliphatic rings. The predicted octanol–water partition coefficient (Wildman–Crippen LogP) is 3.90. The zero-order chi connectivity index (χ0) is 19.6. The highest BCUT2D eigenvalue weighted by atomic mass is 32.2. The lowest BCUT2D eigenvalue weighted by Gasteiger charge is -2.13. The first-order chi connectivity index (χ1) is 12.9. The fourth-order valence-corrected chi connectivity index (χ4v) is 3.50. The molecule has 0 saturated carbocycles. The number of para-hydroxylation sites is 1. The first-order valence-corrected chi connectivity index (χ1v) is 8.96. The van der Waals surface area contributed by atoms with Crippen molar-refractivity contribution in [1.82, 2.24) is 9.55 Å². The molecule has 1 atom stereocenters. The molecule has 0 amide bonds. The first kappa shape index (κ1) is 19.0. The van der Waals surface area contributed by atoms with Crippen molar-refractivity contribution < 1.29 is 18.3 Å².